The average molecular weight is 379 g/mol. The first-order valence-corrected chi connectivity index (χ1v) is 12.9. The van der Waals surface area contributed by atoms with Gasteiger partial charge in [0, 0.05) is 54.6 Å². The van der Waals surface area contributed by atoms with Gasteiger partial charge in [-0.05, 0) is 25.9 Å². The van der Waals surface area contributed by atoms with E-state index in [1.807, 2.05) is 0 Å². The Bertz CT molecular complexity index is 259. The van der Waals surface area contributed by atoms with Crippen LogP contribution in [0.2, 0.25) is 12.1 Å². The molecule has 0 radical (unpaired) electrons. The second kappa shape index (κ2) is 14.4. The standard InChI is InChI=1S/C16H38N2O4Si2/c1-19-15(20-2)23-13-5-7-17-9-11-18(12-10-17)8-6-14-24-16(21-3)22-4/h15-16H,5-14,23-24H2,1-4H3. The van der Waals surface area contributed by atoms with E-state index in [4.69, 9.17) is 18.9 Å². The van der Waals surface area contributed by atoms with Crippen LogP contribution in [0.1, 0.15) is 12.8 Å². The zero-order valence-electron chi connectivity index (χ0n) is 16.2. The van der Waals surface area contributed by atoms with Gasteiger partial charge in [-0.2, -0.15) is 0 Å². The van der Waals surface area contributed by atoms with Gasteiger partial charge in [-0.15, -0.1) is 0 Å². The molecule has 1 fully saturated rings. The summed E-state index contributed by atoms with van der Waals surface area (Å²) in [6.45, 7) is 7.34. The minimum absolute atomic E-state index is 0.0983. The Kier molecular flexibility index (Phi) is 13.3. The largest absolute Gasteiger partial charge is 0.360 e. The fraction of sp³-hybridized carbons (Fsp3) is 1.00. The quantitative estimate of drug-likeness (QED) is 0.235. The zero-order valence-corrected chi connectivity index (χ0v) is 19.0. The molecule has 0 aliphatic carbocycles. The van der Waals surface area contributed by atoms with Crippen molar-refractivity contribution in [3.05, 3.63) is 0 Å². The number of piperazine rings is 1. The molecule has 0 aromatic rings. The summed E-state index contributed by atoms with van der Waals surface area (Å²) in [5.41, 5.74) is 0. The maximum absolute atomic E-state index is 5.29. The second-order valence-corrected chi connectivity index (χ2v) is 10.4. The Balaban J connectivity index is 1.99. The summed E-state index contributed by atoms with van der Waals surface area (Å²) in [5, 5.41) is 0. The third-order valence-corrected chi connectivity index (χ3v) is 8.94. The number of hydrogen-bond acceptors (Lipinski definition) is 6. The van der Waals surface area contributed by atoms with Gasteiger partial charge in [-0.1, -0.05) is 12.1 Å². The molecule has 0 atom stereocenters. The molecule has 0 aromatic heterocycles. The van der Waals surface area contributed by atoms with Crippen molar-refractivity contribution >= 4 is 19.0 Å². The normalized spacial score (nSPS) is 18.2. The third-order valence-electron chi connectivity index (χ3n) is 4.84. The highest BCUT2D eigenvalue weighted by Crippen LogP contribution is 2.06. The van der Waals surface area contributed by atoms with Gasteiger partial charge < -0.3 is 28.7 Å². The number of hydrogen-bond donors (Lipinski definition) is 0. The van der Waals surface area contributed by atoms with Crippen LogP contribution in [0.25, 0.3) is 0 Å². The van der Waals surface area contributed by atoms with E-state index in [0.717, 1.165) is 0 Å². The van der Waals surface area contributed by atoms with Crippen LogP contribution in [-0.4, -0.2) is 108 Å². The molecular weight excluding hydrogens is 340 g/mol. The van der Waals surface area contributed by atoms with E-state index in [9.17, 15) is 0 Å². The summed E-state index contributed by atoms with van der Waals surface area (Å²) < 4.78 is 21.2. The number of nitrogens with zero attached hydrogens (tertiary/aromatic N) is 2. The van der Waals surface area contributed by atoms with Crippen molar-refractivity contribution < 1.29 is 18.9 Å². The van der Waals surface area contributed by atoms with Gasteiger partial charge >= 0.3 is 0 Å². The molecule has 1 aliphatic heterocycles. The summed E-state index contributed by atoms with van der Waals surface area (Å²) in [6, 6.07) is 2.61. The molecular formula is C16H38N2O4Si2. The molecule has 0 aromatic carbocycles. The van der Waals surface area contributed by atoms with Crippen LogP contribution in [0.3, 0.4) is 0 Å². The molecule has 0 saturated carbocycles. The number of ether oxygens (including phenoxy) is 4. The first-order valence-electron chi connectivity index (χ1n) is 9.29. The van der Waals surface area contributed by atoms with Crippen LogP contribution in [0.15, 0.2) is 0 Å². The van der Waals surface area contributed by atoms with Crippen molar-refractivity contribution in [1.29, 1.82) is 0 Å². The molecule has 1 aliphatic rings. The van der Waals surface area contributed by atoms with Gasteiger partial charge in [-0.3, -0.25) is 0 Å². The third kappa shape index (κ3) is 9.62. The summed E-state index contributed by atoms with van der Waals surface area (Å²) in [5.74, 6) is 0.197. The zero-order chi connectivity index (χ0) is 17.6. The van der Waals surface area contributed by atoms with Crippen LogP contribution < -0.4 is 0 Å². The minimum atomic E-state index is -0.255. The molecule has 24 heavy (non-hydrogen) atoms. The SMILES string of the molecule is COC(OC)[SiH2]CCCN1CCN(CCC[SiH2]C(OC)OC)CC1. The number of rotatable bonds is 14. The van der Waals surface area contributed by atoms with E-state index < -0.39 is 0 Å². The Labute approximate surface area is 152 Å². The molecule has 1 heterocycles. The number of methoxy groups -OCH3 is 4. The van der Waals surface area contributed by atoms with Crippen molar-refractivity contribution in [1.82, 2.24) is 9.80 Å². The van der Waals surface area contributed by atoms with E-state index in [1.165, 1.54) is 64.2 Å². The lowest BCUT2D eigenvalue weighted by atomic mass is 10.3. The van der Waals surface area contributed by atoms with Crippen LogP contribution in [0.4, 0.5) is 0 Å². The summed E-state index contributed by atoms with van der Waals surface area (Å²) in [4.78, 5) is 5.22. The topological polar surface area (TPSA) is 43.4 Å². The Morgan fingerprint density at radius 1 is 0.667 bits per heavy atom. The maximum Gasteiger partial charge on any atom is 0.134 e. The molecule has 0 amide bonds. The lowest BCUT2D eigenvalue weighted by molar-refractivity contribution is -0.0443. The molecule has 6 nitrogen and oxygen atoms in total. The first kappa shape index (κ1) is 22.2. The van der Waals surface area contributed by atoms with Crippen LogP contribution in [0.5, 0.6) is 0 Å². The van der Waals surface area contributed by atoms with E-state index in [2.05, 4.69) is 9.80 Å². The predicted octanol–water partition coefficient (Wildman–Crippen LogP) is -0.289. The highest BCUT2D eigenvalue weighted by molar-refractivity contribution is 6.36. The van der Waals surface area contributed by atoms with Crippen LogP contribution in [-0.2, 0) is 18.9 Å². The van der Waals surface area contributed by atoms with Gasteiger partial charge in [0.1, 0.15) is 11.8 Å². The van der Waals surface area contributed by atoms with Gasteiger partial charge in [0.25, 0.3) is 0 Å². The summed E-state index contributed by atoms with van der Waals surface area (Å²) in [7, 11) is 6.46. The lowest BCUT2D eigenvalue weighted by Gasteiger charge is -2.34. The summed E-state index contributed by atoms with van der Waals surface area (Å²) in [6.07, 6.45) is 2.58. The molecule has 0 spiro atoms. The smallest absolute Gasteiger partial charge is 0.134 e. The second-order valence-electron chi connectivity index (χ2n) is 6.48. The lowest BCUT2D eigenvalue weighted by Crippen LogP contribution is -2.46. The Hall–Kier alpha value is 0.194. The first-order chi connectivity index (χ1) is 11.7. The van der Waals surface area contributed by atoms with Crippen molar-refractivity contribution in [3.8, 4) is 0 Å². The highest BCUT2D eigenvalue weighted by atomic mass is 28.2. The van der Waals surface area contributed by atoms with Crippen LogP contribution >= 0.6 is 0 Å². The van der Waals surface area contributed by atoms with Crippen molar-refractivity contribution in [2.75, 3.05) is 67.7 Å². The van der Waals surface area contributed by atoms with Crippen molar-refractivity contribution in [3.63, 3.8) is 0 Å². The fourth-order valence-corrected chi connectivity index (χ4v) is 5.83. The van der Waals surface area contributed by atoms with E-state index in [-0.39, 0.29) is 30.9 Å². The molecule has 0 bridgehead atoms. The predicted molar refractivity (Wildman–Crippen MR) is 104 cm³/mol. The molecule has 1 rings (SSSR count). The Morgan fingerprint density at radius 2 is 1.00 bits per heavy atom. The highest BCUT2D eigenvalue weighted by Gasteiger charge is 2.16. The fourth-order valence-electron chi connectivity index (χ4n) is 3.19. The monoisotopic (exact) mass is 378 g/mol. The van der Waals surface area contributed by atoms with Gasteiger partial charge in [0.2, 0.25) is 0 Å². The maximum atomic E-state index is 5.29. The van der Waals surface area contributed by atoms with Gasteiger partial charge in [-0.25, -0.2) is 0 Å². The molecule has 1 saturated heterocycles. The van der Waals surface area contributed by atoms with Crippen LogP contribution in [0, 0.1) is 0 Å². The van der Waals surface area contributed by atoms with E-state index in [0.29, 0.717) is 0 Å². The average Bonchev–Trinajstić information content (AvgIpc) is 2.63. The molecule has 8 heteroatoms. The van der Waals surface area contributed by atoms with E-state index >= 15 is 0 Å². The van der Waals surface area contributed by atoms with Crippen molar-refractivity contribution in [2.24, 2.45) is 0 Å². The van der Waals surface area contributed by atoms with Gasteiger partial charge in [0.05, 0.1) is 19.0 Å². The van der Waals surface area contributed by atoms with E-state index in [1.54, 1.807) is 28.4 Å². The summed E-state index contributed by atoms with van der Waals surface area (Å²) >= 11 is 0. The Morgan fingerprint density at radius 3 is 1.29 bits per heavy atom. The molecule has 144 valence electrons. The minimum Gasteiger partial charge on any atom is -0.360 e. The molecule has 0 N–H and O–H groups in total. The van der Waals surface area contributed by atoms with Gasteiger partial charge in [0.15, 0.2) is 0 Å². The van der Waals surface area contributed by atoms with Crippen molar-refractivity contribution in [2.45, 2.75) is 36.8 Å². The molecule has 0 unspecified atom stereocenters.